The summed E-state index contributed by atoms with van der Waals surface area (Å²) in [5, 5.41) is 8.72. The van der Waals surface area contributed by atoms with Gasteiger partial charge in [-0.15, -0.1) is 10.2 Å². The second-order valence-electron chi connectivity index (χ2n) is 4.57. The highest BCUT2D eigenvalue weighted by Gasteiger charge is 2.20. The van der Waals surface area contributed by atoms with Crippen LogP contribution < -0.4 is 4.72 Å². The first-order valence-electron chi connectivity index (χ1n) is 5.78. The van der Waals surface area contributed by atoms with Crippen molar-refractivity contribution >= 4 is 26.5 Å². The molecular weight excluding hydrogens is 286 g/mol. The van der Waals surface area contributed by atoms with Crippen LogP contribution in [-0.2, 0) is 16.4 Å². The second-order valence-corrected chi connectivity index (χ2v) is 7.24. The third-order valence-electron chi connectivity index (χ3n) is 2.25. The predicted molar refractivity (Wildman–Crippen MR) is 72.7 cm³/mol. The van der Waals surface area contributed by atoms with Crippen molar-refractivity contribution < 1.29 is 12.8 Å². The molecule has 6 nitrogen and oxygen atoms in total. The lowest BCUT2D eigenvalue weighted by atomic mass is 10.1. The highest BCUT2D eigenvalue weighted by molar-refractivity contribution is 7.92. The SMILES string of the molecule is Cc1ccc(S(=O)(=O)Nc2nnc(CC(C)C)s2)o1. The number of rotatable bonds is 5. The quantitative estimate of drug-likeness (QED) is 0.916. The molecule has 0 unspecified atom stereocenters. The summed E-state index contributed by atoms with van der Waals surface area (Å²) in [7, 11) is -3.72. The minimum absolute atomic E-state index is 0.120. The molecule has 0 aromatic carbocycles. The highest BCUT2D eigenvalue weighted by atomic mass is 32.2. The van der Waals surface area contributed by atoms with Crippen molar-refractivity contribution in [1.29, 1.82) is 0 Å². The van der Waals surface area contributed by atoms with Crippen molar-refractivity contribution in [1.82, 2.24) is 10.2 Å². The highest BCUT2D eigenvalue weighted by Crippen LogP contribution is 2.22. The molecule has 19 heavy (non-hydrogen) atoms. The van der Waals surface area contributed by atoms with E-state index in [4.69, 9.17) is 4.42 Å². The molecule has 0 aliphatic rings. The van der Waals surface area contributed by atoms with Crippen molar-refractivity contribution in [3.8, 4) is 0 Å². The lowest BCUT2D eigenvalue weighted by Crippen LogP contribution is -2.11. The summed E-state index contributed by atoms with van der Waals surface area (Å²) < 4.78 is 31.4. The molecule has 1 N–H and O–H groups in total. The van der Waals surface area contributed by atoms with E-state index in [0.717, 1.165) is 11.4 Å². The van der Waals surface area contributed by atoms with Gasteiger partial charge < -0.3 is 4.42 Å². The zero-order chi connectivity index (χ0) is 14.0. The first-order valence-corrected chi connectivity index (χ1v) is 8.08. The Bertz CT molecular complexity index is 658. The molecule has 8 heteroatoms. The Labute approximate surface area is 115 Å². The number of nitrogens with zero attached hydrogens (tertiary/aromatic N) is 2. The van der Waals surface area contributed by atoms with Crippen LogP contribution in [-0.4, -0.2) is 18.6 Å². The largest absolute Gasteiger partial charge is 0.448 e. The molecule has 0 aliphatic heterocycles. The molecule has 2 rings (SSSR count). The fraction of sp³-hybridized carbons (Fsp3) is 0.455. The Hall–Kier alpha value is -1.41. The molecule has 0 bridgehead atoms. The van der Waals surface area contributed by atoms with Gasteiger partial charge in [0.1, 0.15) is 10.8 Å². The Morgan fingerprint density at radius 3 is 2.68 bits per heavy atom. The van der Waals surface area contributed by atoms with Crippen molar-refractivity contribution in [2.24, 2.45) is 5.92 Å². The lowest BCUT2D eigenvalue weighted by Gasteiger charge is -2.00. The zero-order valence-corrected chi connectivity index (χ0v) is 12.5. The van der Waals surface area contributed by atoms with Crippen molar-refractivity contribution in [2.75, 3.05) is 4.72 Å². The minimum Gasteiger partial charge on any atom is -0.448 e. The topological polar surface area (TPSA) is 85.1 Å². The van der Waals surface area contributed by atoms with Gasteiger partial charge in [0.2, 0.25) is 10.2 Å². The minimum atomic E-state index is -3.72. The normalized spacial score (nSPS) is 12.0. The van der Waals surface area contributed by atoms with Gasteiger partial charge >= 0.3 is 0 Å². The zero-order valence-electron chi connectivity index (χ0n) is 10.9. The van der Waals surface area contributed by atoms with Gasteiger partial charge in [0, 0.05) is 6.42 Å². The van der Waals surface area contributed by atoms with Gasteiger partial charge in [-0.3, -0.25) is 4.72 Å². The maximum Gasteiger partial charge on any atom is 0.297 e. The summed E-state index contributed by atoms with van der Waals surface area (Å²) in [5.41, 5.74) is 0. The van der Waals surface area contributed by atoms with E-state index in [-0.39, 0.29) is 10.2 Å². The van der Waals surface area contributed by atoms with E-state index in [2.05, 4.69) is 28.8 Å². The second kappa shape index (κ2) is 5.30. The number of anilines is 1. The van der Waals surface area contributed by atoms with E-state index in [1.165, 1.54) is 17.4 Å². The fourth-order valence-corrected chi connectivity index (χ4v) is 3.61. The van der Waals surface area contributed by atoms with Gasteiger partial charge in [0.15, 0.2) is 0 Å². The first kappa shape index (κ1) is 14.0. The maximum absolute atomic E-state index is 12.0. The van der Waals surface area contributed by atoms with Gasteiger partial charge in [0.05, 0.1) is 0 Å². The van der Waals surface area contributed by atoms with E-state index < -0.39 is 10.0 Å². The Balaban J connectivity index is 2.14. The van der Waals surface area contributed by atoms with E-state index >= 15 is 0 Å². The predicted octanol–water partition coefficient (Wildman–Crippen LogP) is 2.44. The van der Waals surface area contributed by atoms with Crippen molar-refractivity contribution in [3.63, 3.8) is 0 Å². The third kappa shape index (κ3) is 3.54. The van der Waals surface area contributed by atoms with Gasteiger partial charge in [-0.1, -0.05) is 25.2 Å². The van der Waals surface area contributed by atoms with Crippen LogP contribution >= 0.6 is 11.3 Å². The third-order valence-corrected chi connectivity index (χ3v) is 4.45. The number of furan rings is 1. The summed E-state index contributed by atoms with van der Waals surface area (Å²) in [5.74, 6) is 0.989. The van der Waals surface area contributed by atoms with Crippen LogP contribution in [0.4, 0.5) is 5.13 Å². The number of aromatic nitrogens is 2. The fourth-order valence-electron chi connectivity index (χ4n) is 1.45. The average molecular weight is 301 g/mol. The molecule has 0 fully saturated rings. The molecule has 0 saturated carbocycles. The van der Waals surface area contributed by atoms with Crippen LogP contribution in [0, 0.1) is 12.8 Å². The summed E-state index contributed by atoms with van der Waals surface area (Å²) in [6, 6.07) is 3.01. The Kier molecular flexibility index (Phi) is 3.91. The van der Waals surface area contributed by atoms with Gasteiger partial charge in [-0.2, -0.15) is 8.42 Å². The molecule has 0 spiro atoms. The molecule has 2 aromatic rings. The van der Waals surface area contributed by atoms with E-state index in [1.54, 1.807) is 13.0 Å². The first-order chi connectivity index (χ1) is 8.87. The Morgan fingerprint density at radius 2 is 2.11 bits per heavy atom. The van der Waals surface area contributed by atoms with E-state index in [1.807, 2.05) is 0 Å². The summed E-state index contributed by atoms with van der Waals surface area (Å²) >= 11 is 1.24. The Morgan fingerprint density at radius 1 is 1.37 bits per heavy atom. The van der Waals surface area contributed by atoms with E-state index in [0.29, 0.717) is 11.7 Å². The number of hydrogen-bond acceptors (Lipinski definition) is 6. The van der Waals surface area contributed by atoms with Gasteiger partial charge in [-0.25, -0.2) is 0 Å². The van der Waals surface area contributed by atoms with Crippen LogP contribution in [0.5, 0.6) is 0 Å². The van der Waals surface area contributed by atoms with Crippen LogP contribution in [0.3, 0.4) is 0 Å². The molecular formula is C11H15N3O3S2. The molecule has 0 radical (unpaired) electrons. The van der Waals surface area contributed by atoms with Crippen LogP contribution in [0.2, 0.25) is 0 Å². The van der Waals surface area contributed by atoms with Crippen LogP contribution in [0.1, 0.15) is 24.6 Å². The summed E-state index contributed by atoms with van der Waals surface area (Å²) in [4.78, 5) is 0. The number of hydrogen-bond donors (Lipinski definition) is 1. The van der Waals surface area contributed by atoms with Crippen molar-refractivity contribution in [2.45, 2.75) is 32.3 Å². The molecule has 104 valence electrons. The van der Waals surface area contributed by atoms with Gasteiger partial charge in [0.25, 0.3) is 10.0 Å². The maximum atomic E-state index is 12.0. The van der Waals surface area contributed by atoms with Crippen molar-refractivity contribution in [3.05, 3.63) is 22.9 Å². The van der Waals surface area contributed by atoms with Crippen LogP contribution in [0.25, 0.3) is 0 Å². The van der Waals surface area contributed by atoms with Gasteiger partial charge in [-0.05, 0) is 25.0 Å². The van der Waals surface area contributed by atoms with E-state index in [9.17, 15) is 8.42 Å². The molecule has 2 aromatic heterocycles. The number of nitrogens with one attached hydrogen (secondary N) is 1. The molecule has 0 atom stereocenters. The molecule has 2 heterocycles. The standard InChI is InChI=1S/C11H15N3O3S2/c1-7(2)6-9-12-13-11(18-9)14-19(15,16)10-5-4-8(3)17-10/h4-5,7H,6H2,1-3H3,(H,13,14). The summed E-state index contributed by atoms with van der Waals surface area (Å²) in [6.45, 7) is 5.82. The van der Waals surface area contributed by atoms with Crippen LogP contribution in [0.15, 0.2) is 21.6 Å². The number of sulfonamides is 1. The molecule has 0 amide bonds. The monoisotopic (exact) mass is 301 g/mol. The lowest BCUT2D eigenvalue weighted by molar-refractivity contribution is 0.430. The smallest absolute Gasteiger partial charge is 0.297 e. The molecule has 0 saturated heterocycles. The number of aryl methyl sites for hydroxylation is 1. The summed E-state index contributed by atoms with van der Waals surface area (Å²) in [6.07, 6.45) is 0.777. The average Bonchev–Trinajstić information content (AvgIpc) is 2.87. The molecule has 0 aliphatic carbocycles.